The van der Waals surface area contributed by atoms with Crippen molar-refractivity contribution in [2.45, 2.75) is 0 Å². The van der Waals surface area contributed by atoms with Crippen LogP contribution in [0.2, 0.25) is 0 Å². The van der Waals surface area contributed by atoms with Crippen LogP contribution in [0, 0.1) is 0 Å². The summed E-state index contributed by atoms with van der Waals surface area (Å²) in [6.45, 7) is 0. The van der Waals surface area contributed by atoms with Crippen LogP contribution in [0.5, 0.6) is 0 Å². The van der Waals surface area contributed by atoms with Gasteiger partial charge in [0.25, 0.3) is 0 Å². The molecule has 0 aliphatic heterocycles. The lowest BCUT2D eigenvalue weighted by Crippen LogP contribution is -2.04. The summed E-state index contributed by atoms with van der Waals surface area (Å²) in [6.07, 6.45) is 2.19. The molecule has 10 rings (SSSR count). The third kappa shape index (κ3) is 3.96. The summed E-state index contributed by atoms with van der Waals surface area (Å²) in [5.74, 6) is 0.646. The van der Waals surface area contributed by atoms with E-state index in [2.05, 4.69) is 167 Å². The molecule has 0 unspecified atom stereocenters. The minimum Gasteiger partial charge on any atom is -0.316 e. The van der Waals surface area contributed by atoms with E-state index < -0.39 is 0 Å². The Morgan fingerprint density at radius 1 is 0.417 bits per heavy atom. The van der Waals surface area contributed by atoms with E-state index in [1.807, 2.05) is 12.1 Å². The van der Waals surface area contributed by atoms with Gasteiger partial charge in [-0.25, -0.2) is 9.97 Å². The van der Waals surface area contributed by atoms with Crippen LogP contribution in [0.3, 0.4) is 0 Å². The zero-order valence-corrected chi connectivity index (χ0v) is 26.0. The number of fused-ring (bicyclic) bond motifs is 10. The molecule has 0 saturated heterocycles. The van der Waals surface area contributed by atoms with Crippen LogP contribution in [-0.4, -0.2) is 19.1 Å². The van der Waals surface area contributed by atoms with E-state index in [9.17, 15) is 0 Å². The van der Waals surface area contributed by atoms with E-state index in [1.165, 1.54) is 43.2 Å². The molecule has 0 radical (unpaired) electrons. The summed E-state index contributed by atoms with van der Waals surface area (Å²) < 4.78 is 4.63. The number of nitrogens with zero attached hydrogens (tertiary/aromatic N) is 4. The summed E-state index contributed by atoms with van der Waals surface area (Å²) in [7, 11) is 0. The predicted octanol–water partition coefficient (Wildman–Crippen LogP) is 11.2. The Kier molecular flexibility index (Phi) is 5.84. The number of hydrogen-bond donors (Lipinski definition) is 0. The first-order valence-electron chi connectivity index (χ1n) is 16.3. The molecule has 0 spiro atoms. The molecule has 10 aromatic rings. The van der Waals surface area contributed by atoms with Gasteiger partial charge in [0.15, 0.2) is 0 Å². The van der Waals surface area contributed by atoms with Gasteiger partial charge in [-0.3, -0.25) is 4.57 Å². The first kappa shape index (κ1) is 26.7. The van der Waals surface area contributed by atoms with E-state index >= 15 is 0 Å². The van der Waals surface area contributed by atoms with Gasteiger partial charge in [0, 0.05) is 44.6 Å². The molecular weight excluding hydrogens is 585 g/mol. The molecule has 0 N–H and O–H groups in total. The van der Waals surface area contributed by atoms with Crippen molar-refractivity contribution in [1.29, 1.82) is 0 Å². The average Bonchev–Trinajstić information content (AvgIpc) is 3.76. The Morgan fingerprint density at radius 2 is 0.958 bits per heavy atom. The summed E-state index contributed by atoms with van der Waals surface area (Å²) in [5.41, 5.74) is 8.34. The van der Waals surface area contributed by atoms with Crippen molar-refractivity contribution < 1.29 is 0 Å². The summed E-state index contributed by atoms with van der Waals surface area (Å²) in [4.78, 5) is 10.7. The molecule has 3 aromatic heterocycles. The largest absolute Gasteiger partial charge is 0.316 e. The smallest absolute Gasteiger partial charge is 0.235 e. The van der Waals surface area contributed by atoms with E-state index in [4.69, 9.17) is 9.97 Å². The molecule has 0 atom stereocenters. The second-order valence-electron chi connectivity index (χ2n) is 12.2. The Bertz CT molecular complexity index is 2760. The Balaban J connectivity index is 1.44. The standard InChI is InChI=1S/C44H28N4/c1-4-14-29(15-5-1)37-28-38(30-16-6-2-7-17-30)46-44(45-37)48-39-25-24-31-26-27-47(32-18-8-3-9-19-32)42(31)41(39)40-35-22-12-10-20-33(35)34-21-11-13-23-36(34)43(40)48/h1-28H. The first-order chi connectivity index (χ1) is 23.8. The number of para-hydroxylation sites is 1. The lowest BCUT2D eigenvalue weighted by Gasteiger charge is -2.13. The average molecular weight is 613 g/mol. The molecule has 0 amide bonds. The van der Waals surface area contributed by atoms with Crippen LogP contribution in [-0.2, 0) is 0 Å². The van der Waals surface area contributed by atoms with Crippen LogP contribution >= 0.6 is 0 Å². The lowest BCUT2D eigenvalue weighted by molar-refractivity contribution is 0.998. The molecule has 224 valence electrons. The van der Waals surface area contributed by atoms with E-state index in [0.717, 1.165) is 39.2 Å². The van der Waals surface area contributed by atoms with Crippen molar-refractivity contribution in [2.24, 2.45) is 0 Å². The van der Waals surface area contributed by atoms with E-state index in [0.29, 0.717) is 5.95 Å². The molecule has 0 saturated carbocycles. The molecule has 0 aliphatic carbocycles. The van der Waals surface area contributed by atoms with E-state index in [-0.39, 0.29) is 0 Å². The van der Waals surface area contributed by atoms with Gasteiger partial charge >= 0.3 is 0 Å². The number of benzene rings is 7. The van der Waals surface area contributed by atoms with Gasteiger partial charge in [-0.05, 0) is 46.5 Å². The highest BCUT2D eigenvalue weighted by Gasteiger charge is 2.24. The Labute approximate surface area is 276 Å². The van der Waals surface area contributed by atoms with Gasteiger partial charge < -0.3 is 4.57 Å². The molecule has 4 nitrogen and oxygen atoms in total. The monoisotopic (exact) mass is 612 g/mol. The molecule has 4 heteroatoms. The molecule has 7 aromatic carbocycles. The fraction of sp³-hybridized carbons (Fsp3) is 0. The van der Waals surface area contributed by atoms with Crippen molar-refractivity contribution >= 4 is 54.3 Å². The maximum Gasteiger partial charge on any atom is 0.235 e. The second kappa shape index (κ2) is 10.5. The number of aromatic nitrogens is 4. The summed E-state index contributed by atoms with van der Waals surface area (Å²) in [6, 6.07) is 57.8. The van der Waals surface area contributed by atoms with Crippen LogP contribution in [0.15, 0.2) is 170 Å². The Hall–Kier alpha value is -6.52. The molecule has 0 aliphatic rings. The van der Waals surface area contributed by atoms with Gasteiger partial charge in [0.2, 0.25) is 5.95 Å². The van der Waals surface area contributed by atoms with Crippen molar-refractivity contribution in [3.8, 4) is 34.2 Å². The number of rotatable bonds is 4. The van der Waals surface area contributed by atoms with Crippen molar-refractivity contribution in [1.82, 2.24) is 19.1 Å². The third-order valence-corrected chi connectivity index (χ3v) is 9.54. The van der Waals surface area contributed by atoms with Gasteiger partial charge in [-0.2, -0.15) is 0 Å². The molecule has 0 bridgehead atoms. The predicted molar refractivity (Wildman–Crippen MR) is 199 cm³/mol. The topological polar surface area (TPSA) is 35.6 Å². The minimum atomic E-state index is 0.646. The van der Waals surface area contributed by atoms with Crippen molar-refractivity contribution in [3.05, 3.63) is 170 Å². The van der Waals surface area contributed by atoms with Crippen LogP contribution in [0.1, 0.15) is 0 Å². The normalized spacial score (nSPS) is 11.8. The van der Waals surface area contributed by atoms with Crippen molar-refractivity contribution in [3.63, 3.8) is 0 Å². The molecule has 0 fully saturated rings. The second-order valence-corrected chi connectivity index (χ2v) is 12.2. The maximum atomic E-state index is 5.35. The van der Waals surface area contributed by atoms with Gasteiger partial charge in [0.05, 0.1) is 27.9 Å². The van der Waals surface area contributed by atoms with Gasteiger partial charge in [-0.1, -0.05) is 133 Å². The van der Waals surface area contributed by atoms with Gasteiger partial charge in [0.1, 0.15) is 0 Å². The Morgan fingerprint density at radius 3 is 1.60 bits per heavy atom. The summed E-state index contributed by atoms with van der Waals surface area (Å²) >= 11 is 0. The molecular formula is C44H28N4. The molecule has 3 heterocycles. The van der Waals surface area contributed by atoms with Crippen LogP contribution < -0.4 is 0 Å². The highest BCUT2D eigenvalue weighted by molar-refractivity contribution is 6.35. The zero-order valence-electron chi connectivity index (χ0n) is 26.0. The van der Waals surface area contributed by atoms with Crippen LogP contribution in [0.25, 0.3) is 88.4 Å². The first-order valence-corrected chi connectivity index (χ1v) is 16.3. The third-order valence-electron chi connectivity index (χ3n) is 9.54. The highest BCUT2D eigenvalue weighted by Crippen LogP contribution is 2.45. The van der Waals surface area contributed by atoms with Crippen LogP contribution in [0.4, 0.5) is 0 Å². The van der Waals surface area contributed by atoms with E-state index in [1.54, 1.807) is 0 Å². The zero-order chi connectivity index (χ0) is 31.6. The summed E-state index contributed by atoms with van der Waals surface area (Å²) in [5, 5.41) is 8.41. The molecule has 48 heavy (non-hydrogen) atoms. The minimum absolute atomic E-state index is 0.646. The lowest BCUT2D eigenvalue weighted by atomic mass is 9.96. The fourth-order valence-corrected chi connectivity index (χ4v) is 7.44. The quantitative estimate of drug-likeness (QED) is 0.185. The number of hydrogen-bond acceptors (Lipinski definition) is 2. The van der Waals surface area contributed by atoms with Crippen molar-refractivity contribution in [2.75, 3.05) is 0 Å². The highest BCUT2D eigenvalue weighted by atomic mass is 15.2. The van der Waals surface area contributed by atoms with Gasteiger partial charge in [-0.15, -0.1) is 0 Å². The fourth-order valence-electron chi connectivity index (χ4n) is 7.44. The SMILES string of the molecule is c1ccc(-c2cc(-c3ccccc3)nc(-n3c4ccc5ccn(-c6ccccc6)c5c4c4c5ccccc5c5ccccc5c43)n2)cc1. The maximum absolute atomic E-state index is 5.35.